The van der Waals surface area contributed by atoms with E-state index < -0.39 is 12.0 Å². The molecule has 110 valence electrons. The minimum Gasteiger partial charge on any atom is -0.480 e. The second-order valence-corrected chi connectivity index (χ2v) is 5.22. The number of rotatable bonds is 8. The zero-order valence-corrected chi connectivity index (χ0v) is 12.4. The highest BCUT2D eigenvalue weighted by molar-refractivity contribution is 7.98. The Balaban J connectivity index is 2.80. The van der Waals surface area contributed by atoms with Crippen molar-refractivity contribution in [3.8, 4) is 0 Å². The molecule has 0 fully saturated rings. The fourth-order valence-electron chi connectivity index (χ4n) is 1.75. The predicted molar refractivity (Wildman–Crippen MR) is 79.0 cm³/mol. The summed E-state index contributed by atoms with van der Waals surface area (Å²) in [5.74, 6) is -0.723. The van der Waals surface area contributed by atoms with Crippen LogP contribution in [0.15, 0.2) is 24.3 Å². The standard InChI is InChI=1S/C14H19NO4S/c1-19-9-10-5-3-4-6-11(10)13(16)15-12(14(17)18)7-8-20-2/h3-6,12H,7-9H2,1-2H3,(H,15,16)(H,17,18). The molecule has 20 heavy (non-hydrogen) atoms. The van der Waals surface area contributed by atoms with Crippen LogP contribution in [-0.4, -0.2) is 42.1 Å². The molecule has 0 radical (unpaired) electrons. The van der Waals surface area contributed by atoms with Crippen molar-refractivity contribution in [2.24, 2.45) is 0 Å². The zero-order valence-electron chi connectivity index (χ0n) is 11.6. The molecule has 0 aliphatic heterocycles. The highest BCUT2D eigenvalue weighted by Crippen LogP contribution is 2.11. The lowest BCUT2D eigenvalue weighted by Gasteiger charge is -2.15. The van der Waals surface area contributed by atoms with E-state index in [1.165, 1.54) is 0 Å². The van der Waals surface area contributed by atoms with Gasteiger partial charge < -0.3 is 15.2 Å². The summed E-state index contributed by atoms with van der Waals surface area (Å²) in [7, 11) is 1.55. The lowest BCUT2D eigenvalue weighted by Crippen LogP contribution is -2.41. The molecule has 5 nitrogen and oxygen atoms in total. The van der Waals surface area contributed by atoms with Gasteiger partial charge >= 0.3 is 5.97 Å². The van der Waals surface area contributed by atoms with E-state index in [4.69, 9.17) is 9.84 Å². The molecule has 0 bridgehead atoms. The highest BCUT2D eigenvalue weighted by Gasteiger charge is 2.21. The van der Waals surface area contributed by atoms with Crippen molar-refractivity contribution in [1.29, 1.82) is 0 Å². The number of carbonyl (C=O) groups is 2. The Bertz CT molecular complexity index is 464. The van der Waals surface area contributed by atoms with Crippen LogP contribution in [0.3, 0.4) is 0 Å². The fourth-order valence-corrected chi connectivity index (χ4v) is 2.22. The molecule has 0 spiro atoms. The maximum Gasteiger partial charge on any atom is 0.326 e. The quantitative estimate of drug-likeness (QED) is 0.765. The molecule has 1 amide bonds. The number of hydrogen-bond donors (Lipinski definition) is 2. The topological polar surface area (TPSA) is 75.6 Å². The summed E-state index contributed by atoms with van der Waals surface area (Å²) in [6.45, 7) is 0.312. The number of thioether (sulfide) groups is 1. The third-order valence-electron chi connectivity index (χ3n) is 2.78. The van der Waals surface area contributed by atoms with Crippen molar-refractivity contribution < 1.29 is 19.4 Å². The minimum atomic E-state index is -1.02. The number of ether oxygens (including phenoxy) is 1. The van der Waals surface area contributed by atoms with E-state index in [9.17, 15) is 9.59 Å². The fraction of sp³-hybridized carbons (Fsp3) is 0.429. The first-order chi connectivity index (χ1) is 9.60. The normalized spacial score (nSPS) is 11.9. The number of aliphatic carboxylic acids is 1. The van der Waals surface area contributed by atoms with E-state index in [-0.39, 0.29) is 5.91 Å². The van der Waals surface area contributed by atoms with Crippen molar-refractivity contribution >= 4 is 23.6 Å². The molecule has 1 unspecified atom stereocenters. The van der Waals surface area contributed by atoms with Crippen molar-refractivity contribution in [3.05, 3.63) is 35.4 Å². The Hall–Kier alpha value is -1.53. The molecule has 0 aromatic heterocycles. The van der Waals surface area contributed by atoms with Gasteiger partial charge in [0.25, 0.3) is 5.91 Å². The van der Waals surface area contributed by atoms with Gasteiger partial charge in [0.2, 0.25) is 0 Å². The summed E-state index contributed by atoms with van der Waals surface area (Å²) < 4.78 is 5.04. The molecule has 0 aliphatic rings. The van der Waals surface area contributed by atoms with Crippen LogP contribution >= 0.6 is 11.8 Å². The van der Waals surface area contributed by atoms with Crippen LogP contribution in [0.4, 0.5) is 0 Å². The third-order valence-corrected chi connectivity index (χ3v) is 3.42. The van der Waals surface area contributed by atoms with Gasteiger partial charge in [-0.3, -0.25) is 4.79 Å². The van der Waals surface area contributed by atoms with E-state index in [1.54, 1.807) is 37.1 Å². The minimum absolute atomic E-state index is 0.312. The van der Waals surface area contributed by atoms with Gasteiger partial charge in [0.1, 0.15) is 6.04 Å². The number of carboxylic acids is 1. The van der Waals surface area contributed by atoms with Crippen LogP contribution in [0.1, 0.15) is 22.3 Å². The average Bonchev–Trinajstić information content (AvgIpc) is 2.43. The van der Waals surface area contributed by atoms with E-state index in [1.807, 2.05) is 12.3 Å². The molecule has 0 saturated carbocycles. The summed E-state index contributed by atoms with van der Waals surface area (Å²) in [5.41, 5.74) is 1.19. The van der Waals surface area contributed by atoms with Crippen LogP contribution in [0.2, 0.25) is 0 Å². The van der Waals surface area contributed by atoms with E-state index in [0.29, 0.717) is 24.3 Å². The molecular weight excluding hydrogens is 278 g/mol. The molecule has 0 saturated heterocycles. The third kappa shape index (κ3) is 4.86. The number of carboxylic acid groups (broad SMARTS) is 1. The molecular formula is C14H19NO4S. The molecule has 0 aliphatic carbocycles. The number of nitrogens with one attached hydrogen (secondary N) is 1. The average molecular weight is 297 g/mol. The Kier molecular flexibility index (Phi) is 7.11. The predicted octanol–water partition coefficient (Wildman–Crippen LogP) is 1.77. The summed E-state index contributed by atoms with van der Waals surface area (Å²) in [6, 6.07) is 6.14. The van der Waals surface area contributed by atoms with Gasteiger partial charge in [-0.25, -0.2) is 4.79 Å². The van der Waals surface area contributed by atoms with Crippen LogP contribution in [0.25, 0.3) is 0 Å². The van der Waals surface area contributed by atoms with Crippen molar-refractivity contribution in [3.63, 3.8) is 0 Å². The molecule has 1 rings (SSSR count). The van der Waals surface area contributed by atoms with Crippen LogP contribution in [0.5, 0.6) is 0 Å². The summed E-state index contributed by atoms with van der Waals surface area (Å²) in [4.78, 5) is 23.3. The SMILES string of the molecule is COCc1ccccc1C(=O)NC(CCSC)C(=O)O. The Morgan fingerprint density at radius 2 is 2.10 bits per heavy atom. The summed E-state index contributed by atoms with van der Waals surface area (Å²) >= 11 is 1.55. The Labute approximate surface area is 122 Å². The molecule has 1 aromatic rings. The van der Waals surface area contributed by atoms with E-state index in [0.717, 1.165) is 5.56 Å². The van der Waals surface area contributed by atoms with Crippen LogP contribution in [-0.2, 0) is 16.1 Å². The number of carbonyl (C=O) groups excluding carboxylic acids is 1. The van der Waals surface area contributed by atoms with Crippen molar-refractivity contribution in [2.75, 3.05) is 19.1 Å². The molecule has 1 atom stereocenters. The molecule has 1 aromatic carbocycles. The van der Waals surface area contributed by atoms with Gasteiger partial charge in [-0.15, -0.1) is 0 Å². The highest BCUT2D eigenvalue weighted by atomic mass is 32.2. The first kappa shape index (κ1) is 16.5. The number of methoxy groups -OCH3 is 1. The van der Waals surface area contributed by atoms with Gasteiger partial charge in [0, 0.05) is 12.7 Å². The zero-order chi connectivity index (χ0) is 15.0. The molecule has 6 heteroatoms. The van der Waals surface area contributed by atoms with Crippen molar-refractivity contribution in [1.82, 2.24) is 5.32 Å². The monoisotopic (exact) mass is 297 g/mol. The maximum atomic E-state index is 12.2. The van der Waals surface area contributed by atoms with Crippen LogP contribution < -0.4 is 5.32 Å². The largest absolute Gasteiger partial charge is 0.480 e. The first-order valence-corrected chi connectivity index (χ1v) is 7.59. The second kappa shape index (κ2) is 8.60. The second-order valence-electron chi connectivity index (χ2n) is 4.24. The smallest absolute Gasteiger partial charge is 0.326 e. The molecule has 2 N–H and O–H groups in total. The molecule has 0 heterocycles. The number of hydrogen-bond acceptors (Lipinski definition) is 4. The van der Waals surface area contributed by atoms with Gasteiger partial charge in [0.15, 0.2) is 0 Å². The van der Waals surface area contributed by atoms with Crippen molar-refractivity contribution in [2.45, 2.75) is 19.1 Å². The van der Waals surface area contributed by atoms with Gasteiger partial charge in [0.05, 0.1) is 6.61 Å². The lowest BCUT2D eigenvalue weighted by molar-refractivity contribution is -0.139. The number of benzene rings is 1. The van der Waals surface area contributed by atoms with E-state index in [2.05, 4.69) is 5.32 Å². The summed E-state index contributed by atoms with van der Waals surface area (Å²) in [6.07, 6.45) is 2.29. The number of amides is 1. The van der Waals surface area contributed by atoms with Crippen LogP contribution in [0, 0.1) is 0 Å². The van der Waals surface area contributed by atoms with Gasteiger partial charge in [-0.2, -0.15) is 11.8 Å². The Morgan fingerprint density at radius 3 is 2.70 bits per heavy atom. The lowest BCUT2D eigenvalue weighted by atomic mass is 10.1. The maximum absolute atomic E-state index is 12.2. The summed E-state index contributed by atoms with van der Waals surface area (Å²) in [5, 5.41) is 11.7. The van der Waals surface area contributed by atoms with E-state index >= 15 is 0 Å². The van der Waals surface area contributed by atoms with Gasteiger partial charge in [-0.05, 0) is 30.1 Å². The van der Waals surface area contributed by atoms with Gasteiger partial charge in [-0.1, -0.05) is 18.2 Å². The Morgan fingerprint density at radius 1 is 1.40 bits per heavy atom. The first-order valence-electron chi connectivity index (χ1n) is 6.19.